The zero-order valence-electron chi connectivity index (χ0n) is 14.5. The SMILES string of the molecule is C=C/C=C(\SC)c1nc([C@H](Cc2ccc([N+](=O)[O-])cc2)NC(C)=O)cs1. The normalized spacial score (nSPS) is 12.5. The van der Waals surface area contributed by atoms with Gasteiger partial charge in [-0.3, -0.25) is 14.9 Å². The van der Waals surface area contributed by atoms with E-state index in [-0.39, 0.29) is 17.6 Å². The summed E-state index contributed by atoms with van der Waals surface area (Å²) in [5, 5.41) is 16.5. The van der Waals surface area contributed by atoms with Gasteiger partial charge in [0.2, 0.25) is 5.91 Å². The molecule has 0 saturated heterocycles. The lowest BCUT2D eigenvalue weighted by Gasteiger charge is -2.16. The predicted octanol–water partition coefficient (Wildman–Crippen LogP) is 4.36. The van der Waals surface area contributed by atoms with Gasteiger partial charge in [0.15, 0.2) is 0 Å². The van der Waals surface area contributed by atoms with Crippen LogP contribution in [0, 0.1) is 10.1 Å². The molecule has 0 saturated carbocycles. The predicted molar refractivity (Wildman–Crippen MR) is 107 cm³/mol. The third-order valence-electron chi connectivity index (χ3n) is 3.54. The van der Waals surface area contributed by atoms with Gasteiger partial charge in [0.25, 0.3) is 5.69 Å². The number of hydrogen-bond donors (Lipinski definition) is 1. The van der Waals surface area contributed by atoms with Crippen molar-refractivity contribution in [3.8, 4) is 0 Å². The first-order valence-electron chi connectivity index (χ1n) is 7.77. The van der Waals surface area contributed by atoms with Gasteiger partial charge in [-0.2, -0.15) is 0 Å². The molecule has 8 heteroatoms. The molecule has 1 N–H and O–H groups in total. The van der Waals surface area contributed by atoms with Gasteiger partial charge in [0.1, 0.15) is 5.01 Å². The molecule has 2 aromatic rings. The molecule has 136 valence electrons. The standard InChI is InChI=1S/C18H19N3O3S2/c1-4-5-17(25-3)18-20-16(11-26-18)15(19-12(2)22)10-13-6-8-14(9-7-13)21(23)24/h4-9,11,15H,1,10H2,2-3H3,(H,19,22)/b17-5-/t15-/m0/s1. The summed E-state index contributed by atoms with van der Waals surface area (Å²) in [6.45, 7) is 5.17. The summed E-state index contributed by atoms with van der Waals surface area (Å²) in [4.78, 5) is 27.6. The lowest BCUT2D eigenvalue weighted by Crippen LogP contribution is -2.28. The summed E-state index contributed by atoms with van der Waals surface area (Å²) in [7, 11) is 0. The van der Waals surface area contributed by atoms with Crippen molar-refractivity contribution in [2.45, 2.75) is 19.4 Å². The van der Waals surface area contributed by atoms with Crippen LogP contribution in [0.3, 0.4) is 0 Å². The van der Waals surface area contributed by atoms with E-state index in [9.17, 15) is 14.9 Å². The minimum atomic E-state index is -0.433. The highest BCUT2D eigenvalue weighted by Gasteiger charge is 2.18. The molecule has 26 heavy (non-hydrogen) atoms. The van der Waals surface area contributed by atoms with Crippen molar-refractivity contribution >= 4 is 39.6 Å². The molecule has 0 radical (unpaired) electrons. The van der Waals surface area contributed by atoms with Crippen molar-refractivity contribution in [1.29, 1.82) is 0 Å². The molecule has 1 aromatic carbocycles. The van der Waals surface area contributed by atoms with E-state index in [2.05, 4.69) is 16.9 Å². The van der Waals surface area contributed by atoms with Crippen LogP contribution in [0.1, 0.15) is 29.2 Å². The molecule has 0 aliphatic rings. The number of amides is 1. The molecule has 0 fully saturated rings. The largest absolute Gasteiger partial charge is 0.348 e. The number of nitrogens with one attached hydrogen (secondary N) is 1. The molecule has 1 amide bonds. The second kappa shape index (κ2) is 9.30. The Kier molecular flexibility index (Phi) is 7.11. The van der Waals surface area contributed by atoms with Crippen LogP contribution in [0.15, 0.2) is 48.4 Å². The molecule has 0 unspecified atom stereocenters. The van der Waals surface area contributed by atoms with Crippen LogP contribution in [0.5, 0.6) is 0 Å². The first-order valence-corrected chi connectivity index (χ1v) is 9.88. The van der Waals surface area contributed by atoms with E-state index in [1.54, 1.807) is 30.0 Å². The Balaban J connectivity index is 2.26. The maximum Gasteiger partial charge on any atom is 0.269 e. The van der Waals surface area contributed by atoms with Crippen molar-refractivity contribution in [1.82, 2.24) is 10.3 Å². The Morgan fingerprint density at radius 2 is 2.15 bits per heavy atom. The molecule has 1 aromatic heterocycles. The van der Waals surface area contributed by atoms with Gasteiger partial charge < -0.3 is 5.32 Å². The molecule has 0 aliphatic heterocycles. The van der Waals surface area contributed by atoms with Crippen LogP contribution < -0.4 is 5.32 Å². The summed E-state index contributed by atoms with van der Waals surface area (Å²) < 4.78 is 0. The van der Waals surface area contributed by atoms with Crippen LogP contribution in [0.2, 0.25) is 0 Å². The minimum Gasteiger partial charge on any atom is -0.348 e. The molecule has 0 spiro atoms. The number of non-ortho nitro benzene ring substituents is 1. The van der Waals surface area contributed by atoms with E-state index in [0.29, 0.717) is 6.42 Å². The van der Waals surface area contributed by atoms with E-state index in [1.807, 2.05) is 17.7 Å². The zero-order chi connectivity index (χ0) is 19.1. The van der Waals surface area contributed by atoms with Gasteiger partial charge in [0.05, 0.1) is 16.7 Å². The van der Waals surface area contributed by atoms with Crippen molar-refractivity contribution in [2.24, 2.45) is 0 Å². The van der Waals surface area contributed by atoms with Crippen LogP contribution in [0.4, 0.5) is 5.69 Å². The summed E-state index contributed by atoms with van der Waals surface area (Å²) >= 11 is 3.09. The minimum absolute atomic E-state index is 0.0416. The lowest BCUT2D eigenvalue weighted by molar-refractivity contribution is -0.384. The van der Waals surface area contributed by atoms with E-state index in [1.165, 1.54) is 30.4 Å². The van der Waals surface area contributed by atoms with Gasteiger partial charge in [-0.15, -0.1) is 23.1 Å². The van der Waals surface area contributed by atoms with Gasteiger partial charge in [0, 0.05) is 29.3 Å². The molecule has 0 bridgehead atoms. The quantitative estimate of drug-likeness (QED) is 0.412. The van der Waals surface area contributed by atoms with Gasteiger partial charge in [-0.25, -0.2) is 4.98 Å². The highest BCUT2D eigenvalue weighted by atomic mass is 32.2. The van der Waals surface area contributed by atoms with Crippen LogP contribution >= 0.6 is 23.1 Å². The summed E-state index contributed by atoms with van der Waals surface area (Å²) in [6.07, 6.45) is 6.09. The molecule has 6 nitrogen and oxygen atoms in total. The van der Waals surface area contributed by atoms with Crippen LogP contribution in [-0.4, -0.2) is 22.1 Å². The monoisotopic (exact) mass is 389 g/mol. The second-order valence-electron chi connectivity index (χ2n) is 5.43. The van der Waals surface area contributed by atoms with Gasteiger partial charge in [-0.05, 0) is 24.3 Å². The first-order chi connectivity index (χ1) is 12.4. The number of nitrogens with zero attached hydrogens (tertiary/aromatic N) is 2. The van der Waals surface area contributed by atoms with E-state index < -0.39 is 4.92 Å². The molecular weight excluding hydrogens is 370 g/mol. The molecule has 1 heterocycles. The van der Waals surface area contributed by atoms with E-state index in [0.717, 1.165) is 21.2 Å². The van der Waals surface area contributed by atoms with Crippen LogP contribution in [-0.2, 0) is 11.2 Å². The number of nitro groups is 1. The Morgan fingerprint density at radius 3 is 2.69 bits per heavy atom. The first kappa shape index (κ1) is 19.9. The number of rotatable bonds is 8. The highest BCUT2D eigenvalue weighted by Crippen LogP contribution is 2.30. The molecular formula is C18H19N3O3S2. The van der Waals surface area contributed by atoms with Gasteiger partial charge >= 0.3 is 0 Å². The topological polar surface area (TPSA) is 85.1 Å². The lowest BCUT2D eigenvalue weighted by atomic mass is 10.0. The van der Waals surface area contributed by atoms with Crippen LogP contribution in [0.25, 0.3) is 4.91 Å². The fourth-order valence-corrected chi connectivity index (χ4v) is 4.00. The average molecular weight is 390 g/mol. The Hall–Kier alpha value is -2.45. The Labute approximate surface area is 160 Å². The van der Waals surface area contributed by atoms with E-state index >= 15 is 0 Å². The molecule has 1 atom stereocenters. The number of benzene rings is 1. The third-order valence-corrected chi connectivity index (χ3v) is 5.34. The third kappa shape index (κ3) is 5.27. The number of hydrogen-bond acceptors (Lipinski definition) is 6. The number of aromatic nitrogens is 1. The molecule has 2 rings (SSSR count). The average Bonchev–Trinajstić information content (AvgIpc) is 3.09. The molecule has 0 aliphatic carbocycles. The summed E-state index contributed by atoms with van der Waals surface area (Å²) in [5.41, 5.74) is 1.69. The van der Waals surface area contributed by atoms with E-state index in [4.69, 9.17) is 0 Å². The Morgan fingerprint density at radius 1 is 1.46 bits per heavy atom. The number of thioether (sulfide) groups is 1. The fourth-order valence-electron chi connectivity index (χ4n) is 2.36. The smallest absolute Gasteiger partial charge is 0.269 e. The second-order valence-corrected chi connectivity index (χ2v) is 7.14. The number of allylic oxidation sites excluding steroid dienone is 2. The van der Waals surface area contributed by atoms with Gasteiger partial charge in [-0.1, -0.05) is 24.8 Å². The van der Waals surface area contributed by atoms with Crippen molar-refractivity contribution < 1.29 is 9.72 Å². The number of thiazole rings is 1. The zero-order valence-corrected chi connectivity index (χ0v) is 16.1. The fraction of sp³-hybridized carbons (Fsp3) is 0.222. The number of nitro benzene ring substituents is 1. The highest BCUT2D eigenvalue weighted by molar-refractivity contribution is 8.07. The number of carbonyl (C=O) groups is 1. The maximum atomic E-state index is 11.6. The maximum absolute atomic E-state index is 11.6. The summed E-state index contributed by atoms with van der Waals surface area (Å²) in [6, 6.07) is 6.03. The van der Waals surface area contributed by atoms with Crippen molar-refractivity contribution in [3.63, 3.8) is 0 Å². The summed E-state index contributed by atoms with van der Waals surface area (Å²) in [5.74, 6) is -0.154. The van der Waals surface area contributed by atoms with Crippen molar-refractivity contribution in [2.75, 3.05) is 6.26 Å². The Bertz CT molecular complexity index is 828. The van der Waals surface area contributed by atoms with Crippen molar-refractivity contribution in [3.05, 3.63) is 74.8 Å². The number of carbonyl (C=O) groups excluding carboxylic acids is 1.